The first kappa shape index (κ1) is 15.6. The minimum Gasteiger partial charge on any atom is -0.369 e. The molecule has 25 heavy (non-hydrogen) atoms. The number of likely N-dealkylation sites (N-methyl/N-ethyl adjacent to an activating group) is 1. The molecular formula is C20H21N5. The molecule has 0 saturated heterocycles. The fraction of sp³-hybridized carbons (Fsp3) is 0.200. The van der Waals surface area contributed by atoms with Crippen molar-refractivity contribution in [2.75, 3.05) is 32.5 Å². The highest BCUT2D eigenvalue weighted by molar-refractivity contribution is 5.95. The zero-order valence-electron chi connectivity index (χ0n) is 14.5. The summed E-state index contributed by atoms with van der Waals surface area (Å²) < 4.78 is 0. The van der Waals surface area contributed by atoms with Gasteiger partial charge in [0, 0.05) is 35.6 Å². The number of aromatic amines is 1. The normalized spacial score (nSPS) is 11.5. The Kier molecular flexibility index (Phi) is 4.07. The highest BCUT2D eigenvalue weighted by atomic mass is 15.1. The molecule has 5 nitrogen and oxygen atoms in total. The molecule has 0 bridgehead atoms. The summed E-state index contributed by atoms with van der Waals surface area (Å²) in [6, 6.07) is 16.5. The van der Waals surface area contributed by atoms with Gasteiger partial charge in [-0.25, -0.2) is 9.97 Å². The highest BCUT2D eigenvalue weighted by Gasteiger charge is 2.10. The maximum absolute atomic E-state index is 4.85. The smallest absolute Gasteiger partial charge is 0.140 e. The lowest BCUT2D eigenvalue weighted by Gasteiger charge is -2.12. The van der Waals surface area contributed by atoms with Crippen molar-refractivity contribution in [1.82, 2.24) is 19.9 Å². The Morgan fingerprint density at radius 1 is 1.04 bits per heavy atom. The first-order valence-electron chi connectivity index (χ1n) is 8.43. The molecule has 0 amide bonds. The van der Waals surface area contributed by atoms with Crippen LogP contribution in [0.1, 0.15) is 0 Å². The van der Waals surface area contributed by atoms with Gasteiger partial charge in [0.05, 0.1) is 11.2 Å². The van der Waals surface area contributed by atoms with E-state index in [1.807, 2.05) is 24.4 Å². The molecule has 5 heteroatoms. The van der Waals surface area contributed by atoms with Gasteiger partial charge in [0.1, 0.15) is 11.5 Å². The molecule has 0 aliphatic heterocycles. The largest absolute Gasteiger partial charge is 0.369 e. The molecule has 126 valence electrons. The molecule has 3 aromatic heterocycles. The Hall–Kier alpha value is -2.92. The van der Waals surface area contributed by atoms with Crippen LogP contribution < -0.4 is 5.32 Å². The number of hydrogen-bond acceptors (Lipinski definition) is 4. The van der Waals surface area contributed by atoms with E-state index in [0.29, 0.717) is 0 Å². The van der Waals surface area contributed by atoms with Crippen LogP contribution in [-0.4, -0.2) is 47.0 Å². The van der Waals surface area contributed by atoms with Crippen molar-refractivity contribution in [3.05, 3.63) is 54.7 Å². The summed E-state index contributed by atoms with van der Waals surface area (Å²) in [5, 5.41) is 5.64. The molecule has 0 spiro atoms. The van der Waals surface area contributed by atoms with Crippen LogP contribution in [0.15, 0.2) is 54.7 Å². The molecule has 0 aliphatic carbocycles. The van der Waals surface area contributed by atoms with Gasteiger partial charge in [-0.05, 0) is 38.4 Å². The zero-order valence-corrected chi connectivity index (χ0v) is 14.5. The molecule has 2 N–H and O–H groups in total. The quantitative estimate of drug-likeness (QED) is 0.585. The van der Waals surface area contributed by atoms with Crippen LogP contribution in [0.5, 0.6) is 0 Å². The topological polar surface area (TPSA) is 56.8 Å². The molecule has 1 aromatic carbocycles. The number of nitrogens with zero attached hydrogens (tertiary/aromatic N) is 3. The second-order valence-corrected chi connectivity index (χ2v) is 6.41. The molecule has 0 aliphatic rings. The van der Waals surface area contributed by atoms with E-state index in [1.165, 1.54) is 0 Å². The summed E-state index contributed by atoms with van der Waals surface area (Å²) in [5.74, 6) is 0.863. The number of rotatable bonds is 5. The predicted octanol–water partition coefficient (Wildman–Crippen LogP) is 3.75. The lowest BCUT2D eigenvalue weighted by molar-refractivity contribution is 0.425. The van der Waals surface area contributed by atoms with Crippen molar-refractivity contribution in [2.45, 2.75) is 0 Å². The van der Waals surface area contributed by atoms with E-state index in [9.17, 15) is 0 Å². The third kappa shape index (κ3) is 3.19. The maximum Gasteiger partial charge on any atom is 0.140 e. The summed E-state index contributed by atoms with van der Waals surface area (Å²) in [4.78, 5) is 14.9. The van der Waals surface area contributed by atoms with E-state index in [1.54, 1.807) is 0 Å². The molecular weight excluding hydrogens is 310 g/mol. The van der Waals surface area contributed by atoms with E-state index in [4.69, 9.17) is 4.98 Å². The van der Waals surface area contributed by atoms with Crippen molar-refractivity contribution in [3.8, 4) is 11.3 Å². The van der Waals surface area contributed by atoms with E-state index in [-0.39, 0.29) is 0 Å². The Morgan fingerprint density at radius 2 is 1.92 bits per heavy atom. The van der Waals surface area contributed by atoms with E-state index < -0.39 is 0 Å². The molecule has 4 aromatic rings. The number of fused-ring (bicyclic) bond motifs is 2. The average Bonchev–Trinajstić information content (AvgIpc) is 3.09. The van der Waals surface area contributed by atoms with Crippen LogP contribution in [0, 0.1) is 0 Å². The summed E-state index contributed by atoms with van der Waals surface area (Å²) in [6.45, 7) is 1.80. The summed E-state index contributed by atoms with van der Waals surface area (Å²) in [7, 11) is 4.13. The first-order valence-corrected chi connectivity index (χ1v) is 8.43. The lowest BCUT2D eigenvalue weighted by Crippen LogP contribution is -2.21. The lowest BCUT2D eigenvalue weighted by atomic mass is 10.1. The molecule has 0 atom stereocenters. The number of pyridine rings is 2. The van der Waals surface area contributed by atoms with Crippen LogP contribution in [0.25, 0.3) is 33.2 Å². The molecule has 0 saturated carbocycles. The Labute approximate surface area is 146 Å². The fourth-order valence-corrected chi connectivity index (χ4v) is 2.96. The highest BCUT2D eigenvalue weighted by Crippen LogP contribution is 2.29. The minimum absolute atomic E-state index is 0.844. The van der Waals surface area contributed by atoms with Crippen molar-refractivity contribution in [3.63, 3.8) is 0 Å². The number of H-pyrrole nitrogens is 1. The standard InChI is InChI=1S/C20H21N5/c1-25(2)12-11-21-19-13-16(15-9-10-22-20(15)24-19)18-8-7-14-5-3-4-6-17(14)23-18/h3-10,13H,11-12H2,1-2H3,(H2,21,22,24). The molecule has 3 heterocycles. The van der Waals surface area contributed by atoms with Gasteiger partial charge in [-0.15, -0.1) is 0 Å². The fourth-order valence-electron chi connectivity index (χ4n) is 2.96. The molecule has 0 fully saturated rings. The Balaban J connectivity index is 1.77. The van der Waals surface area contributed by atoms with Gasteiger partial charge in [-0.2, -0.15) is 0 Å². The van der Waals surface area contributed by atoms with Gasteiger partial charge < -0.3 is 15.2 Å². The van der Waals surface area contributed by atoms with Crippen LogP contribution in [0.4, 0.5) is 5.82 Å². The van der Waals surface area contributed by atoms with Crippen LogP contribution in [0.2, 0.25) is 0 Å². The number of anilines is 1. The van der Waals surface area contributed by atoms with Crippen LogP contribution >= 0.6 is 0 Å². The van der Waals surface area contributed by atoms with Crippen molar-refractivity contribution >= 4 is 27.8 Å². The van der Waals surface area contributed by atoms with Crippen molar-refractivity contribution in [1.29, 1.82) is 0 Å². The SMILES string of the molecule is CN(C)CCNc1cc(-c2ccc3ccccc3n2)c2cc[nH]c2n1. The van der Waals surface area contributed by atoms with Gasteiger partial charge in [-0.3, -0.25) is 0 Å². The first-order chi connectivity index (χ1) is 12.2. The molecule has 0 radical (unpaired) electrons. The summed E-state index contributed by atoms with van der Waals surface area (Å²) in [6.07, 6.45) is 1.92. The number of nitrogens with one attached hydrogen (secondary N) is 2. The Bertz CT molecular complexity index is 1020. The van der Waals surface area contributed by atoms with Gasteiger partial charge in [0.2, 0.25) is 0 Å². The van der Waals surface area contributed by atoms with Gasteiger partial charge in [0.25, 0.3) is 0 Å². The van der Waals surface area contributed by atoms with E-state index in [0.717, 1.165) is 52.1 Å². The van der Waals surface area contributed by atoms with Crippen molar-refractivity contribution < 1.29 is 0 Å². The summed E-state index contributed by atoms with van der Waals surface area (Å²) in [5.41, 5.74) is 3.92. The third-order valence-corrected chi connectivity index (χ3v) is 4.27. The van der Waals surface area contributed by atoms with Gasteiger partial charge >= 0.3 is 0 Å². The number of hydrogen-bond donors (Lipinski definition) is 2. The van der Waals surface area contributed by atoms with Crippen molar-refractivity contribution in [2.24, 2.45) is 0 Å². The van der Waals surface area contributed by atoms with Crippen LogP contribution in [-0.2, 0) is 0 Å². The number of benzene rings is 1. The van der Waals surface area contributed by atoms with Crippen LogP contribution in [0.3, 0.4) is 0 Å². The minimum atomic E-state index is 0.844. The second kappa shape index (κ2) is 6.53. The number of para-hydroxylation sites is 1. The monoisotopic (exact) mass is 331 g/mol. The maximum atomic E-state index is 4.85. The average molecular weight is 331 g/mol. The number of aromatic nitrogens is 3. The second-order valence-electron chi connectivity index (χ2n) is 6.41. The summed E-state index contributed by atoms with van der Waals surface area (Å²) >= 11 is 0. The third-order valence-electron chi connectivity index (χ3n) is 4.27. The van der Waals surface area contributed by atoms with E-state index in [2.05, 4.69) is 64.6 Å². The van der Waals surface area contributed by atoms with Gasteiger partial charge in [0.15, 0.2) is 0 Å². The molecule has 0 unspecified atom stereocenters. The zero-order chi connectivity index (χ0) is 17.2. The van der Waals surface area contributed by atoms with E-state index >= 15 is 0 Å². The Morgan fingerprint density at radius 3 is 2.80 bits per heavy atom. The van der Waals surface area contributed by atoms with Gasteiger partial charge in [-0.1, -0.05) is 24.3 Å². The molecule has 4 rings (SSSR count). The predicted molar refractivity (Wildman–Crippen MR) is 104 cm³/mol.